The molecule has 0 unspecified atom stereocenters. The van der Waals surface area contributed by atoms with Crippen LogP contribution in [-0.4, -0.2) is 18.6 Å². The Balaban J connectivity index is 2.10. The first-order valence-corrected chi connectivity index (χ1v) is 9.29. The molecule has 2 rings (SSSR count). The smallest absolute Gasteiger partial charge is 0.259 e. The van der Waals surface area contributed by atoms with E-state index in [1.807, 2.05) is 50.2 Å². The second-order valence-electron chi connectivity index (χ2n) is 5.99. The van der Waals surface area contributed by atoms with E-state index < -0.39 is 0 Å². The van der Waals surface area contributed by atoms with Gasteiger partial charge in [-0.2, -0.15) is 0 Å². The molecule has 0 bridgehead atoms. The molecule has 1 N–H and O–H groups in total. The molecule has 0 saturated heterocycles. The van der Waals surface area contributed by atoms with Gasteiger partial charge in [0.1, 0.15) is 11.5 Å². The molecule has 134 valence electrons. The number of hydrogen-bond acceptors (Lipinski definition) is 3. The van der Waals surface area contributed by atoms with Crippen molar-refractivity contribution in [3.63, 3.8) is 0 Å². The standard InChI is InChI=1S/C20H24BrNO3/c1-4-5-12-24-19-11-6-15(21)13-18(19)20(23)22-16-7-9-17(10-8-16)25-14(2)3/h6-11,13-14H,4-5,12H2,1-3H3,(H,22,23). The van der Waals surface area contributed by atoms with Gasteiger partial charge in [0.05, 0.1) is 18.3 Å². The number of carbonyl (C=O) groups is 1. The van der Waals surface area contributed by atoms with Gasteiger partial charge in [-0.3, -0.25) is 4.79 Å². The fourth-order valence-electron chi connectivity index (χ4n) is 2.22. The minimum atomic E-state index is -0.203. The fourth-order valence-corrected chi connectivity index (χ4v) is 2.58. The van der Waals surface area contributed by atoms with Gasteiger partial charge in [-0.15, -0.1) is 0 Å². The van der Waals surface area contributed by atoms with Crippen molar-refractivity contribution in [3.05, 3.63) is 52.5 Å². The van der Waals surface area contributed by atoms with Crippen LogP contribution in [0.5, 0.6) is 11.5 Å². The lowest BCUT2D eigenvalue weighted by atomic mass is 10.1. The molecule has 25 heavy (non-hydrogen) atoms. The van der Waals surface area contributed by atoms with Gasteiger partial charge >= 0.3 is 0 Å². The molecule has 0 fully saturated rings. The second kappa shape index (κ2) is 9.47. The highest BCUT2D eigenvalue weighted by Crippen LogP contribution is 2.25. The predicted molar refractivity (Wildman–Crippen MR) is 105 cm³/mol. The summed E-state index contributed by atoms with van der Waals surface area (Å²) in [4.78, 5) is 12.6. The van der Waals surface area contributed by atoms with Crippen LogP contribution in [0.2, 0.25) is 0 Å². The Bertz CT molecular complexity index is 699. The molecule has 0 aliphatic rings. The number of halogens is 1. The first-order valence-electron chi connectivity index (χ1n) is 8.50. The first kappa shape index (κ1) is 19.3. The highest BCUT2D eigenvalue weighted by Gasteiger charge is 2.14. The van der Waals surface area contributed by atoms with E-state index in [2.05, 4.69) is 28.2 Å². The molecular formula is C20H24BrNO3. The summed E-state index contributed by atoms with van der Waals surface area (Å²) in [7, 11) is 0. The van der Waals surface area contributed by atoms with Gasteiger partial charge in [0.15, 0.2) is 0 Å². The molecule has 0 aliphatic heterocycles. The van der Waals surface area contributed by atoms with Crippen molar-refractivity contribution in [2.45, 2.75) is 39.7 Å². The van der Waals surface area contributed by atoms with Crippen LogP contribution < -0.4 is 14.8 Å². The van der Waals surface area contributed by atoms with Crippen molar-refractivity contribution in [2.24, 2.45) is 0 Å². The van der Waals surface area contributed by atoms with Crippen molar-refractivity contribution in [3.8, 4) is 11.5 Å². The average molecular weight is 406 g/mol. The maximum absolute atomic E-state index is 12.6. The zero-order valence-electron chi connectivity index (χ0n) is 14.8. The lowest BCUT2D eigenvalue weighted by Gasteiger charge is -2.13. The SMILES string of the molecule is CCCCOc1ccc(Br)cc1C(=O)Nc1ccc(OC(C)C)cc1. The third-order valence-corrected chi connectivity index (χ3v) is 3.92. The minimum absolute atomic E-state index is 0.116. The Labute approximate surface area is 157 Å². The summed E-state index contributed by atoms with van der Waals surface area (Å²) in [6, 6.07) is 12.8. The van der Waals surface area contributed by atoms with Crippen molar-refractivity contribution in [1.29, 1.82) is 0 Å². The number of nitrogens with one attached hydrogen (secondary N) is 1. The number of carbonyl (C=O) groups excluding carboxylic acids is 1. The van der Waals surface area contributed by atoms with Crippen LogP contribution in [-0.2, 0) is 0 Å². The molecule has 0 aromatic heterocycles. The van der Waals surface area contributed by atoms with Crippen LogP contribution in [0.3, 0.4) is 0 Å². The van der Waals surface area contributed by atoms with Crippen LogP contribution in [0.1, 0.15) is 44.0 Å². The molecule has 0 heterocycles. The minimum Gasteiger partial charge on any atom is -0.493 e. The zero-order valence-corrected chi connectivity index (χ0v) is 16.4. The maximum Gasteiger partial charge on any atom is 0.259 e. The Morgan fingerprint density at radius 2 is 1.88 bits per heavy atom. The molecule has 0 atom stereocenters. The van der Waals surface area contributed by atoms with Crippen molar-refractivity contribution < 1.29 is 14.3 Å². The molecule has 2 aromatic carbocycles. The van der Waals surface area contributed by atoms with Crippen molar-refractivity contribution in [2.75, 3.05) is 11.9 Å². The Hall–Kier alpha value is -2.01. The highest BCUT2D eigenvalue weighted by atomic mass is 79.9. The van der Waals surface area contributed by atoms with E-state index in [9.17, 15) is 4.79 Å². The lowest BCUT2D eigenvalue weighted by Crippen LogP contribution is -2.14. The lowest BCUT2D eigenvalue weighted by molar-refractivity contribution is 0.102. The van der Waals surface area contributed by atoms with Crippen LogP contribution in [0.15, 0.2) is 46.9 Å². The van der Waals surface area contributed by atoms with Crippen molar-refractivity contribution in [1.82, 2.24) is 0 Å². The van der Waals surface area contributed by atoms with Gasteiger partial charge in [-0.1, -0.05) is 29.3 Å². The molecule has 0 saturated carbocycles. The van der Waals surface area contributed by atoms with Gasteiger partial charge in [0.25, 0.3) is 5.91 Å². The van der Waals surface area contributed by atoms with Crippen molar-refractivity contribution >= 4 is 27.5 Å². The van der Waals surface area contributed by atoms with Gasteiger partial charge in [0.2, 0.25) is 0 Å². The van der Waals surface area contributed by atoms with Crippen LogP contribution in [0, 0.1) is 0 Å². The molecule has 4 nitrogen and oxygen atoms in total. The number of hydrogen-bond donors (Lipinski definition) is 1. The molecule has 0 radical (unpaired) electrons. The number of rotatable bonds is 8. The second-order valence-corrected chi connectivity index (χ2v) is 6.90. The molecule has 0 spiro atoms. The van der Waals surface area contributed by atoms with Gasteiger partial charge in [0, 0.05) is 10.2 Å². The van der Waals surface area contributed by atoms with Crippen LogP contribution >= 0.6 is 15.9 Å². The van der Waals surface area contributed by atoms with E-state index in [-0.39, 0.29) is 12.0 Å². The number of ether oxygens (including phenoxy) is 2. The average Bonchev–Trinajstić information content (AvgIpc) is 2.57. The Morgan fingerprint density at radius 1 is 1.16 bits per heavy atom. The Kier molecular flexibility index (Phi) is 7.31. The highest BCUT2D eigenvalue weighted by molar-refractivity contribution is 9.10. The normalized spacial score (nSPS) is 10.6. The molecule has 0 aliphatic carbocycles. The molecule has 2 aromatic rings. The van der Waals surface area contributed by atoms with Gasteiger partial charge < -0.3 is 14.8 Å². The third kappa shape index (κ3) is 6.09. The zero-order chi connectivity index (χ0) is 18.2. The predicted octanol–water partition coefficient (Wildman–Crippen LogP) is 5.67. The van der Waals surface area contributed by atoms with Crippen LogP contribution in [0.4, 0.5) is 5.69 Å². The Morgan fingerprint density at radius 3 is 2.52 bits per heavy atom. The third-order valence-electron chi connectivity index (χ3n) is 3.43. The number of unbranched alkanes of at least 4 members (excludes halogenated alkanes) is 1. The van der Waals surface area contributed by atoms with E-state index >= 15 is 0 Å². The van der Waals surface area contributed by atoms with Gasteiger partial charge in [-0.05, 0) is 62.7 Å². The van der Waals surface area contributed by atoms with E-state index in [1.54, 1.807) is 6.07 Å². The van der Waals surface area contributed by atoms with E-state index in [1.165, 1.54) is 0 Å². The van der Waals surface area contributed by atoms with E-state index in [4.69, 9.17) is 9.47 Å². The number of amides is 1. The van der Waals surface area contributed by atoms with E-state index in [0.29, 0.717) is 23.6 Å². The number of anilines is 1. The summed E-state index contributed by atoms with van der Waals surface area (Å²) < 4.78 is 12.2. The first-order chi connectivity index (χ1) is 12.0. The molecule has 5 heteroatoms. The summed E-state index contributed by atoms with van der Waals surface area (Å²) in [6.07, 6.45) is 2.11. The van der Waals surface area contributed by atoms with E-state index in [0.717, 1.165) is 23.1 Å². The topological polar surface area (TPSA) is 47.6 Å². The number of benzene rings is 2. The molecular weight excluding hydrogens is 382 g/mol. The summed E-state index contributed by atoms with van der Waals surface area (Å²) in [5.41, 5.74) is 1.22. The summed E-state index contributed by atoms with van der Waals surface area (Å²) in [5.74, 6) is 1.17. The summed E-state index contributed by atoms with van der Waals surface area (Å²) in [6.45, 7) is 6.65. The summed E-state index contributed by atoms with van der Waals surface area (Å²) >= 11 is 3.41. The molecule has 1 amide bonds. The monoisotopic (exact) mass is 405 g/mol. The fraction of sp³-hybridized carbons (Fsp3) is 0.350. The maximum atomic E-state index is 12.6. The van der Waals surface area contributed by atoms with Gasteiger partial charge in [-0.25, -0.2) is 0 Å². The largest absolute Gasteiger partial charge is 0.493 e. The summed E-state index contributed by atoms with van der Waals surface area (Å²) in [5, 5.41) is 2.90. The quantitative estimate of drug-likeness (QED) is 0.575. The van der Waals surface area contributed by atoms with Crippen LogP contribution in [0.25, 0.3) is 0 Å².